The van der Waals surface area contributed by atoms with Crippen molar-refractivity contribution in [2.24, 2.45) is 11.8 Å². The van der Waals surface area contributed by atoms with Gasteiger partial charge in [-0.15, -0.1) is 0 Å². The molecule has 0 unspecified atom stereocenters. The van der Waals surface area contributed by atoms with Gasteiger partial charge in [-0.25, -0.2) is 0 Å². The number of hydrogen-bond acceptors (Lipinski definition) is 2. The maximum absolute atomic E-state index is 11.9. The number of piperidine rings is 1. The predicted octanol–water partition coefficient (Wildman–Crippen LogP) is 2.62. The Morgan fingerprint density at radius 3 is 2.56 bits per heavy atom. The molecule has 0 N–H and O–H groups in total. The Bertz CT molecular complexity index is 270. The minimum atomic E-state index is 0.448. The SMILES string of the molecule is O=C(CN1CCC[C@H]2CCCC[C@H]21)C1CC1. The summed E-state index contributed by atoms with van der Waals surface area (Å²) in [4.78, 5) is 14.4. The standard InChI is InChI=1S/C14H23NO/c16-14(12-7-8-12)10-15-9-3-5-11-4-1-2-6-13(11)15/h11-13H,1-10H2/t11-,13-/m1/s1. The number of carbonyl (C=O) groups excluding carboxylic acids is 1. The van der Waals surface area contributed by atoms with Gasteiger partial charge in [0.1, 0.15) is 5.78 Å². The Morgan fingerprint density at radius 2 is 1.75 bits per heavy atom. The molecule has 1 heterocycles. The van der Waals surface area contributed by atoms with Gasteiger partial charge < -0.3 is 0 Å². The van der Waals surface area contributed by atoms with Crippen LogP contribution in [0.2, 0.25) is 0 Å². The molecule has 1 aliphatic heterocycles. The average Bonchev–Trinajstić information content (AvgIpc) is 3.13. The van der Waals surface area contributed by atoms with Crippen LogP contribution in [0.5, 0.6) is 0 Å². The lowest BCUT2D eigenvalue weighted by Crippen LogP contribution is -2.48. The molecule has 3 fully saturated rings. The number of fused-ring (bicyclic) bond motifs is 1. The van der Waals surface area contributed by atoms with E-state index in [1.165, 1.54) is 57.9 Å². The molecule has 2 saturated carbocycles. The van der Waals surface area contributed by atoms with Crippen LogP contribution in [-0.4, -0.2) is 29.8 Å². The first-order valence-corrected chi connectivity index (χ1v) is 7.11. The number of nitrogens with zero attached hydrogens (tertiary/aromatic N) is 1. The Kier molecular flexibility index (Phi) is 3.01. The molecule has 16 heavy (non-hydrogen) atoms. The van der Waals surface area contributed by atoms with E-state index in [2.05, 4.69) is 4.90 Å². The summed E-state index contributed by atoms with van der Waals surface area (Å²) in [6.07, 6.45) is 10.6. The molecule has 2 heteroatoms. The van der Waals surface area contributed by atoms with Gasteiger partial charge in [-0.1, -0.05) is 12.8 Å². The van der Waals surface area contributed by atoms with Crippen LogP contribution >= 0.6 is 0 Å². The van der Waals surface area contributed by atoms with Crippen molar-refractivity contribution >= 4 is 5.78 Å². The highest BCUT2D eigenvalue weighted by Gasteiger charge is 2.36. The fraction of sp³-hybridized carbons (Fsp3) is 0.929. The van der Waals surface area contributed by atoms with Crippen LogP contribution in [0.25, 0.3) is 0 Å². The molecule has 0 spiro atoms. The van der Waals surface area contributed by atoms with Crippen LogP contribution in [0.3, 0.4) is 0 Å². The van der Waals surface area contributed by atoms with E-state index in [4.69, 9.17) is 0 Å². The van der Waals surface area contributed by atoms with Crippen LogP contribution in [0.15, 0.2) is 0 Å². The van der Waals surface area contributed by atoms with Crippen LogP contribution < -0.4 is 0 Å². The van der Waals surface area contributed by atoms with Crippen molar-refractivity contribution in [2.45, 2.75) is 57.4 Å². The third kappa shape index (κ3) is 2.17. The lowest BCUT2D eigenvalue weighted by atomic mass is 9.78. The fourth-order valence-electron chi connectivity index (χ4n) is 3.66. The zero-order chi connectivity index (χ0) is 11.0. The normalized spacial score (nSPS) is 35.8. The maximum atomic E-state index is 11.9. The van der Waals surface area contributed by atoms with E-state index >= 15 is 0 Å². The number of carbonyl (C=O) groups is 1. The smallest absolute Gasteiger partial charge is 0.149 e. The first-order chi connectivity index (χ1) is 7.84. The highest BCUT2D eigenvalue weighted by Crippen LogP contribution is 2.36. The van der Waals surface area contributed by atoms with Crippen molar-refractivity contribution in [3.63, 3.8) is 0 Å². The zero-order valence-electron chi connectivity index (χ0n) is 10.2. The summed E-state index contributed by atoms with van der Waals surface area (Å²) >= 11 is 0. The van der Waals surface area contributed by atoms with Crippen LogP contribution in [0.4, 0.5) is 0 Å². The third-order valence-corrected chi connectivity index (χ3v) is 4.75. The van der Waals surface area contributed by atoms with Gasteiger partial charge in [0.25, 0.3) is 0 Å². The van der Waals surface area contributed by atoms with Crippen molar-refractivity contribution < 1.29 is 4.79 Å². The van der Waals surface area contributed by atoms with Gasteiger partial charge >= 0.3 is 0 Å². The van der Waals surface area contributed by atoms with Gasteiger partial charge in [0.2, 0.25) is 0 Å². The Balaban J connectivity index is 1.61. The van der Waals surface area contributed by atoms with E-state index < -0.39 is 0 Å². The summed E-state index contributed by atoms with van der Waals surface area (Å²) in [7, 11) is 0. The fourth-order valence-corrected chi connectivity index (χ4v) is 3.66. The average molecular weight is 221 g/mol. The predicted molar refractivity (Wildman–Crippen MR) is 64.3 cm³/mol. The summed E-state index contributed by atoms with van der Waals surface area (Å²) in [5.74, 6) is 1.89. The molecule has 2 nitrogen and oxygen atoms in total. The molecular weight excluding hydrogens is 198 g/mol. The highest BCUT2D eigenvalue weighted by molar-refractivity contribution is 5.85. The lowest BCUT2D eigenvalue weighted by molar-refractivity contribution is -0.123. The van der Waals surface area contributed by atoms with Gasteiger partial charge in [-0.3, -0.25) is 9.69 Å². The molecule has 3 rings (SSSR count). The third-order valence-electron chi connectivity index (χ3n) is 4.75. The Hall–Kier alpha value is -0.370. The summed E-state index contributed by atoms with van der Waals surface area (Å²) in [6.45, 7) is 1.95. The van der Waals surface area contributed by atoms with Gasteiger partial charge in [0.05, 0.1) is 6.54 Å². The molecule has 0 bridgehead atoms. The summed E-state index contributed by atoms with van der Waals surface area (Å²) in [5, 5.41) is 0. The molecule has 0 radical (unpaired) electrons. The van der Waals surface area contributed by atoms with E-state index in [0.717, 1.165) is 18.5 Å². The first-order valence-electron chi connectivity index (χ1n) is 7.11. The van der Waals surface area contributed by atoms with Crippen molar-refractivity contribution in [2.75, 3.05) is 13.1 Å². The van der Waals surface area contributed by atoms with E-state index in [9.17, 15) is 4.79 Å². The Morgan fingerprint density at radius 1 is 1.00 bits per heavy atom. The second-order valence-corrected chi connectivity index (χ2v) is 5.97. The van der Waals surface area contributed by atoms with E-state index in [0.29, 0.717) is 11.7 Å². The first kappa shape index (κ1) is 10.8. The van der Waals surface area contributed by atoms with Gasteiger partial charge in [0, 0.05) is 12.0 Å². The molecule has 90 valence electrons. The van der Waals surface area contributed by atoms with E-state index in [-0.39, 0.29) is 0 Å². The second kappa shape index (κ2) is 4.48. The number of Topliss-reactive ketones (excluding diaryl/α,β-unsaturated/α-hetero) is 1. The highest BCUT2D eigenvalue weighted by atomic mass is 16.1. The minimum absolute atomic E-state index is 0.448. The van der Waals surface area contributed by atoms with E-state index in [1.807, 2.05) is 0 Å². The van der Waals surface area contributed by atoms with Crippen LogP contribution in [0.1, 0.15) is 51.4 Å². The van der Waals surface area contributed by atoms with E-state index in [1.54, 1.807) is 0 Å². The molecule has 1 saturated heterocycles. The largest absolute Gasteiger partial charge is 0.298 e. The topological polar surface area (TPSA) is 20.3 Å². The molecule has 0 amide bonds. The molecule has 0 aromatic carbocycles. The number of ketones is 1. The Labute approximate surface area is 98.4 Å². The summed E-state index contributed by atoms with van der Waals surface area (Å²) in [5.41, 5.74) is 0. The summed E-state index contributed by atoms with van der Waals surface area (Å²) < 4.78 is 0. The minimum Gasteiger partial charge on any atom is -0.298 e. The van der Waals surface area contributed by atoms with Crippen LogP contribution in [-0.2, 0) is 4.79 Å². The van der Waals surface area contributed by atoms with Crippen molar-refractivity contribution in [1.29, 1.82) is 0 Å². The van der Waals surface area contributed by atoms with Gasteiger partial charge in [-0.2, -0.15) is 0 Å². The lowest BCUT2D eigenvalue weighted by Gasteiger charge is -2.43. The molecule has 2 atom stereocenters. The van der Waals surface area contributed by atoms with Gasteiger partial charge in [0.15, 0.2) is 0 Å². The van der Waals surface area contributed by atoms with Gasteiger partial charge in [-0.05, 0) is 51.0 Å². The zero-order valence-corrected chi connectivity index (χ0v) is 10.2. The molecular formula is C14H23NO. The second-order valence-electron chi connectivity index (χ2n) is 5.97. The van der Waals surface area contributed by atoms with Crippen molar-refractivity contribution in [3.8, 4) is 0 Å². The maximum Gasteiger partial charge on any atom is 0.149 e. The quantitative estimate of drug-likeness (QED) is 0.730. The number of rotatable bonds is 3. The van der Waals surface area contributed by atoms with Crippen molar-refractivity contribution in [3.05, 3.63) is 0 Å². The molecule has 0 aromatic heterocycles. The number of hydrogen-bond donors (Lipinski definition) is 0. The van der Waals surface area contributed by atoms with Crippen LogP contribution in [0, 0.1) is 11.8 Å². The monoisotopic (exact) mass is 221 g/mol. The molecule has 2 aliphatic carbocycles. The molecule has 3 aliphatic rings. The van der Waals surface area contributed by atoms with Crippen molar-refractivity contribution in [1.82, 2.24) is 4.90 Å². The number of likely N-dealkylation sites (tertiary alicyclic amines) is 1. The molecule has 0 aromatic rings. The summed E-state index contributed by atoms with van der Waals surface area (Å²) in [6, 6.07) is 0.755.